The number of anilines is 1. The van der Waals surface area contributed by atoms with Crippen molar-refractivity contribution < 1.29 is 19.1 Å². The van der Waals surface area contributed by atoms with Crippen molar-refractivity contribution in [1.82, 2.24) is 5.32 Å². The monoisotopic (exact) mass is 442 g/mol. The summed E-state index contributed by atoms with van der Waals surface area (Å²) >= 11 is 1.51. The van der Waals surface area contributed by atoms with Gasteiger partial charge in [0.15, 0.2) is 0 Å². The van der Waals surface area contributed by atoms with Crippen LogP contribution in [0.4, 0.5) is 5.00 Å². The lowest BCUT2D eigenvalue weighted by molar-refractivity contribution is -0.124. The number of aryl methyl sites for hydroxylation is 1. The molecule has 0 spiro atoms. The average molecular weight is 443 g/mol. The number of hydrogen-bond donors (Lipinski definition) is 1. The van der Waals surface area contributed by atoms with Gasteiger partial charge in [0.1, 0.15) is 5.00 Å². The van der Waals surface area contributed by atoms with E-state index in [1.165, 1.54) is 27.5 Å². The summed E-state index contributed by atoms with van der Waals surface area (Å²) in [5.74, 6) is -1.10. The lowest BCUT2D eigenvalue weighted by Crippen LogP contribution is -2.39. The largest absolute Gasteiger partial charge is 0.373 e. The lowest BCUT2D eigenvalue weighted by atomic mass is 9.81. The molecule has 1 saturated carbocycles. The third-order valence-electron chi connectivity index (χ3n) is 8.06. The number of carbonyl (C=O) groups excluding carboxylic acids is 3. The zero-order valence-corrected chi connectivity index (χ0v) is 18.7. The van der Waals surface area contributed by atoms with Gasteiger partial charge < -0.3 is 10.1 Å². The van der Waals surface area contributed by atoms with Crippen molar-refractivity contribution >= 4 is 34.1 Å². The second-order valence-electron chi connectivity index (χ2n) is 9.91. The van der Waals surface area contributed by atoms with Gasteiger partial charge in [0.25, 0.3) is 5.91 Å². The van der Waals surface area contributed by atoms with Gasteiger partial charge in [0.2, 0.25) is 11.8 Å². The van der Waals surface area contributed by atoms with Crippen molar-refractivity contribution in [1.29, 1.82) is 0 Å². The summed E-state index contributed by atoms with van der Waals surface area (Å²) in [5.41, 5.74) is 1.70. The normalized spacial score (nSPS) is 32.8. The molecule has 1 aromatic rings. The van der Waals surface area contributed by atoms with E-state index in [9.17, 15) is 14.4 Å². The third-order valence-corrected chi connectivity index (χ3v) is 9.33. The van der Waals surface area contributed by atoms with Crippen LogP contribution in [0.1, 0.15) is 85.0 Å². The topological polar surface area (TPSA) is 75.7 Å². The smallest absolute Gasteiger partial charge is 0.254 e. The first kappa shape index (κ1) is 19.9. The average Bonchev–Trinajstić information content (AvgIpc) is 3.48. The predicted octanol–water partition coefficient (Wildman–Crippen LogP) is 3.75. The Morgan fingerprint density at radius 3 is 2.23 bits per heavy atom. The van der Waals surface area contributed by atoms with E-state index in [4.69, 9.17) is 4.74 Å². The predicted molar refractivity (Wildman–Crippen MR) is 117 cm³/mol. The van der Waals surface area contributed by atoms with E-state index in [1.54, 1.807) is 0 Å². The number of thiophene rings is 1. The number of fused-ring (bicyclic) bond motifs is 6. The van der Waals surface area contributed by atoms with E-state index in [-0.39, 0.29) is 47.8 Å². The summed E-state index contributed by atoms with van der Waals surface area (Å²) in [4.78, 5) is 43.0. The van der Waals surface area contributed by atoms with Gasteiger partial charge in [-0.25, -0.2) is 4.90 Å². The maximum absolute atomic E-state index is 13.6. The number of carbonyl (C=O) groups is 3. The van der Waals surface area contributed by atoms with Crippen molar-refractivity contribution in [3.63, 3.8) is 0 Å². The van der Waals surface area contributed by atoms with E-state index in [0.717, 1.165) is 76.2 Å². The first-order valence-corrected chi connectivity index (χ1v) is 12.9. The van der Waals surface area contributed by atoms with Crippen LogP contribution < -0.4 is 10.2 Å². The Morgan fingerprint density at radius 2 is 1.52 bits per heavy atom. The minimum atomic E-state index is -0.359. The highest BCUT2D eigenvalue weighted by atomic mass is 32.1. The molecule has 0 unspecified atom stereocenters. The highest BCUT2D eigenvalue weighted by Gasteiger charge is 2.63. The van der Waals surface area contributed by atoms with Crippen LogP contribution >= 0.6 is 11.3 Å². The van der Waals surface area contributed by atoms with E-state index in [0.29, 0.717) is 10.6 Å². The molecule has 3 aliphatic heterocycles. The Balaban J connectivity index is 1.38. The molecule has 0 radical (unpaired) electrons. The van der Waals surface area contributed by atoms with Crippen molar-refractivity contribution in [2.45, 2.75) is 95.3 Å². The number of nitrogens with one attached hydrogen (secondary N) is 1. The molecule has 7 heteroatoms. The van der Waals surface area contributed by atoms with Crippen molar-refractivity contribution in [3.05, 3.63) is 16.0 Å². The van der Waals surface area contributed by atoms with Crippen molar-refractivity contribution in [2.24, 2.45) is 11.8 Å². The highest BCUT2D eigenvalue weighted by molar-refractivity contribution is 7.17. The Morgan fingerprint density at radius 1 is 0.871 bits per heavy atom. The van der Waals surface area contributed by atoms with Gasteiger partial charge in [0.05, 0.1) is 29.6 Å². The van der Waals surface area contributed by atoms with Crippen LogP contribution in [0.2, 0.25) is 0 Å². The summed E-state index contributed by atoms with van der Waals surface area (Å²) in [6.45, 7) is 0. The zero-order chi connectivity index (χ0) is 21.1. The Kier molecular flexibility index (Phi) is 4.94. The third kappa shape index (κ3) is 3.10. The number of amides is 3. The fraction of sp³-hybridized carbons (Fsp3) is 0.708. The molecule has 6 nitrogen and oxygen atoms in total. The van der Waals surface area contributed by atoms with Gasteiger partial charge in [-0.15, -0.1) is 11.3 Å². The molecular weight excluding hydrogens is 412 g/mol. The van der Waals surface area contributed by atoms with Gasteiger partial charge in [-0.1, -0.05) is 25.7 Å². The molecule has 3 saturated heterocycles. The van der Waals surface area contributed by atoms with Crippen LogP contribution in [0.25, 0.3) is 0 Å². The van der Waals surface area contributed by atoms with E-state index in [2.05, 4.69) is 5.32 Å². The molecule has 4 atom stereocenters. The molecule has 1 aromatic heterocycles. The molecule has 166 valence electrons. The van der Waals surface area contributed by atoms with Gasteiger partial charge >= 0.3 is 0 Å². The second-order valence-corrected chi connectivity index (χ2v) is 11.0. The summed E-state index contributed by atoms with van der Waals surface area (Å²) in [6, 6.07) is 0.198. The molecule has 4 fully saturated rings. The summed E-state index contributed by atoms with van der Waals surface area (Å²) in [7, 11) is 0. The van der Waals surface area contributed by atoms with Gasteiger partial charge in [-0.3, -0.25) is 14.4 Å². The van der Waals surface area contributed by atoms with Crippen molar-refractivity contribution in [2.75, 3.05) is 4.90 Å². The molecule has 0 aromatic carbocycles. The van der Waals surface area contributed by atoms with Crippen LogP contribution in [-0.2, 0) is 27.2 Å². The van der Waals surface area contributed by atoms with Crippen LogP contribution in [0.15, 0.2) is 0 Å². The SMILES string of the molecule is O=C(NC1CCCCC1)c1c(N2C(=O)[C@@H]3[C@H](C2=O)[C@H]2CC[C@@H]3O2)sc2c1CCCCC2. The minimum Gasteiger partial charge on any atom is -0.373 e. The lowest BCUT2D eigenvalue weighted by Gasteiger charge is -2.24. The fourth-order valence-corrected chi connectivity index (χ4v) is 7.93. The Hall–Kier alpha value is -1.73. The standard InChI is InChI=1S/C24H30N2O4S/c27-21(25-13-7-3-1-4-8-13)18-14-9-5-2-6-10-17(14)31-24(18)26-22(28)19-15-11-12-16(30-15)20(19)23(26)29/h13,15-16,19-20H,1-12H2,(H,25,27)/t15-,16+,19-,20+. The fourth-order valence-electron chi connectivity index (χ4n) is 6.54. The Bertz CT molecular complexity index is 906. The van der Waals surface area contributed by atoms with Gasteiger partial charge in [0, 0.05) is 10.9 Å². The highest BCUT2D eigenvalue weighted by Crippen LogP contribution is 2.51. The first-order chi connectivity index (χ1) is 15.1. The molecule has 4 heterocycles. The molecule has 3 amide bonds. The van der Waals surface area contributed by atoms with E-state index in [1.807, 2.05) is 0 Å². The minimum absolute atomic E-state index is 0.0850. The number of hydrogen-bond acceptors (Lipinski definition) is 5. The van der Waals surface area contributed by atoms with Crippen LogP contribution in [0, 0.1) is 11.8 Å². The van der Waals surface area contributed by atoms with E-state index < -0.39 is 0 Å². The van der Waals surface area contributed by atoms with Crippen LogP contribution in [0.5, 0.6) is 0 Å². The summed E-state index contributed by atoms with van der Waals surface area (Å²) in [6.07, 6.45) is 12.1. The number of nitrogens with zero attached hydrogens (tertiary/aromatic N) is 1. The van der Waals surface area contributed by atoms with Crippen LogP contribution in [-0.4, -0.2) is 36.0 Å². The summed E-state index contributed by atoms with van der Waals surface area (Å²) < 4.78 is 5.90. The summed E-state index contributed by atoms with van der Waals surface area (Å²) in [5, 5.41) is 3.85. The second kappa shape index (κ2) is 7.69. The zero-order valence-electron chi connectivity index (χ0n) is 17.9. The van der Waals surface area contributed by atoms with Gasteiger partial charge in [-0.2, -0.15) is 0 Å². The molecule has 6 rings (SSSR count). The first-order valence-electron chi connectivity index (χ1n) is 12.1. The van der Waals surface area contributed by atoms with E-state index >= 15 is 0 Å². The maximum atomic E-state index is 13.6. The number of imide groups is 1. The number of rotatable bonds is 3. The van der Waals surface area contributed by atoms with Gasteiger partial charge in [-0.05, 0) is 56.9 Å². The molecule has 5 aliphatic rings. The number of ether oxygens (including phenoxy) is 1. The molecule has 2 bridgehead atoms. The van der Waals surface area contributed by atoms with Crippen LogP contribution in [0.3, 0.4) is 0 Å². The quantitative estimate of drug-likeness (QED) is 0.571. The Labute approximate surface area is 186 Å². The maximum Gasteiger partial charge on any atom is 0.254 e. The molecular formula is C24H30N2O4S. The van der Waals surface area contributed by atoms with Crippen molar-refractivity contribution in [3.8, 4) is 0 Å². The molecule has 1 N–H and O–H groups in total. The molecule has 2 aliphatic carbocycles. The molecule has 31 heavy (non-hydrogen) atoms.